The maximum Gasteiger partial charge on any atom is 0.244 e. The highest BCUT2D eigenvalue weighted by Gasteiger charge is 2.31. The second-order valence-electron chi connectivity index (χ2n) is 7.96. The Bertz CT molecular complexity index is 591. The summed E-state index contributed by atoms with van der Waals surface area (Å²) < 4.78 is 5.44. The molecule has 5 heteroatoms. The van der Waals surface area contributed by atoms with Gasteiger partial charge in [0.25, 0.3) is 0 Å². The van der Waals surface area contributed by atoms with E-state index in [-0.39, 0.29) is 11.9 Å². The van der Waals surface area contributed by atoms with Gasteiger partial charge in [0.1, 0.15) is 6.04 Å². The number of rotatable bonds is 5. The minimum absolute atomic E-state index is 0.189. The lowest BCUT2D eigenvalue weighted by molar-refractivity contribution is -0.137. The van der Waals surface area contributed by atoms with Crippen LogP contribution in [0.15, 0.2) is 24.3 Å². The molecular weight excluding hydrogens is 326 g/mol. The van der Waals surface area contributed by atoms with Crippen molar-refractivity contribution in [2.24, 2.45) is 5.92 Å². The van der Waals surface area contributed by atoms with E-state index in [0.29, 0.717) is 5.92 Å². The lowest BCUT2D eigenvalue weighted by atomic mass is 9.94. The van der Waals surface area contributed by atoms with Crippen molar-refractivity contribution in [3.63, 3.8) is 0 Å². The Hall–Kier alpha value is -1.43. The van der Waals surface area contributed by atoms with Gasteiger partial charge in [0, 0.05) is 32.7 Å². The summed E-state index contributed by atoms with van der Waals surface area (Å²) in [4.78, 5) is 19.8. The Kier molecular flexibility index (Phi) is 6.68. The lowest BCUT2D eigenvalue weighted by Gasteiger charge is -2.38. The van der Waals surface area contributed by atoms with Crippen LogP contribution in [0, 0.1) is 12.8 Å². The SMILES string of the molecule is Cc1cccc([C@@H](C(=O)N2CCC(CN3CCOCC3)CC2)N(C)C)c1. The van der Waals surface area contributed by atoms with Gasteiger partial charge in [-0.1, -0.05) is 29.8 Å². The number of benzene rings is 1. The Balaban J connectivity index is 1.57. The van der Waals surface area contributed by atoms with Gasteiger partial charge in [-0.25, -0.2) is 0 Å². The molecule has 2 heterocycles. The van der Waals surface area contributed by atoms with Crippen LogP contribution in [0.25, 0.3) is 0 Å². The largest absolute Gasteiger partial charge is 0.379 e. The van der Waals surface area contributed by atoms with Crippen molar-refractivity contribution in [3.05, 3.63) is 35.4 Å². The van der Waals surface area contributed by atoms with Crippen molar-refractivity contribution in [1.82, 2.24) is 14.7 Å². The smallest absolute Gasteiger partial charge is 0.244 e. The molecule has 1 amide bonds. The van der Waals surface area contributed by atoms with E-state index < -0.39 is 0 Å². The van der Waals surface area contributed by atoms with E-state index in [9.17, 15) is 4.79 Å². The van der Waals surface area contributed by atoms with E-state index in [1.165, 1.54) is 5.56 Å². The normalized spacial score (nSPS) is 21.2. The van der Waals surface area contributed by atoms with E-state index in [2.05, 4.69) is 34.9 Å². The van der Waals surface area contributed by atoms with Crippen LogP contribution in [0.1, 0.15) is 30.0 Å². The summed E-state index contributed by atoms with van der Waals surface area (Å²) in [6.07, 6.45) is 2.22. The first-order valence-electron chi connectivity index (χ1n) is 9.86. The number of carbonyl (C=O) groups is 1. The highest BCUT2D eigenvalue weighted by Crippen LogP contribution is 2.26. The number of nitrogens with zero attached hydrogens (tertiary/aromatic N) is 3. The highest BCUT2D eigenvalue weighted by molar-refractivity contribution is 5.83. The Morgan fingerprint density at radius 1 is 1.19 bits per heavy atom. The van der Waals surface area contributed by atoms with Crippen LogP contribution in [0.5, 0.6) is 0 Å². The maximum absolute atomic E-state index is 13.2. The number of morpholine rings is 1. The molecule has 0 spiro atoms. The molecule has 2 saturated heterocycles. The third-order valence-corrected chi connectivity index (χ3v) is 5.65. The molecule has 0 unspecified atom stereocenters. The van der Waals surface area contributed by atoms with Crippen LogP contribution < -0.4 is 0 Å². The Morgan fingerprint density at radius 2 is 1.88 bits per heavy atom. The number of aryl methyl sites for hydroxylation is 1. The molecule has 26 heavy (non-hydrogen) atoms. The summed E-state index contributed by atoms with van der Waals surface area (Å²) >= 11 is 0. The standard InChI is InChI=1S/C21H33N3O2/c1-17-5-4-6-19(15-17)20(22(2)3)21(25)24-9-7-18(8-10-24)16-23-11-13-26-14-12-23/h4-6,15,18,20H,7-14,16H2,1-3H3/t20-/m0/s1. The van der Waals surface area contributed by atoms with Gasteiger partial charge in [-0.3, -0.25) is 14.6 Å². The van der Waals surface area contributed by atoms with Gasteiger partial charge in [0.05, 0.1) is 13.2 Å². The third kappa shape index (κ3) is 4.84. The number of carbonyl (C=O) groups excluding carboxylic acids is 1. The van der Waals surface area contributed by atoms with E-state index in [0.717, 1.165) is 64.3 Å². The monoisotopic (exact) mass is 359 g/mol. The van der Waals surface area contributed by atoms with Gasteiger partial charge < -0.3 is 9.64 Å². The molecule has 0 aliphatic carbocycles. The molecular formula is C21H33N3O2. The molecule has 3 rings (SSSR count). The molecule has 2 fully saturated rings. The summed E-state index contributed by atoms with van der Waals surface area (Å²) in [6.45, 7) is 8.81. The van der Waals surface area contributed by atoms with Gasteiger partial charge in [-0.05, 0) is 45.3 Å². The zero-order valence-electron chi connectivity index (χ0n) is 16.5. The molecule has 144 valence electrons. The molecule has 5 nitrogen and oxygen atoms in total. The molecule has 1 atom stereocenters. The number of hydrogen-bond acceptors (Lipinski definition) is 4. The molecule has 0 bridgehead atoms. The number of ether oxygens (including phenoxy) is 1. The first kappa shape index (κ1) is 19.3. The summed E-state index contributed by atoms with van der Waals surface area (Å²) in [6, 6.07) is 8.14. The third-order valence-electron chi connectivity index (χ3n) is 5.65. The van der Waals surface area contributed by atoms with E-state index in [4.69, 9.17) is 4.74 Å². The molecule has 1 aromatic carbocycles. The van der Waals surface area contributed by atoms with E-state index >= 15 is 0 Å². The Morgan fingerprint density at radius 3 is 2.50 bits per heavy atom. The van der Waals surface area contributed by atoms with E-state index in [1.54, 1.807) is 0 Å². The van der Waals surface area contributed by atoms with Gasteiger partial charge in [0.15, 0.2) is 0 Å². The first-order chi connectivity index (χ1) is 12.5. The van der Waals surface area contributed by atoms with Crippen LogP contribution >= 0.6 is 0 Å². The van der Waals surface area contributed by atoms with Crippen LogP contribution in [0.2, 0.25) is 0 Å². The van der Waals surface area contributed by atoms with Crippen LogP contribution in [0.4, 0.5) is 0 Å². The van der Waals surface area contributed by atoms with Gasteiger partial charge in [-0.2, -0.15) is 0 Å². The van der Waals surface area contributed by atoms with Crippen LogP contribution in [0.3, 0.4) is 0 Å². The second kappa shape index (κ2) is 8.98. The molecule has 0 N–H and O–H groups in total. The summed E-state index contributed by atoms with van der Waals surface area (Å²) in [5.74, 6) is 0.944. The second-order valence-corrected chi connectivity index (χ2v) is 7.96. The summed E-state index contributed by atoms with van der Waals surface area (Å²) in [5.41, 5.74) is 2.29. The number of piperidine rings is 1. The van der Waals surface area contributed by atoms with Crippen LogP contribution in [-0.2, 0) is 9.53 Å². The van der Waals surface area contributed by atoms with Crippen molar-refractivity contribution in [3.8, 4) is 0 Å². The summed E-state index contributed by atoms with van der Waals surface area (Å²) in [5, 5.41) is 0. The van der Waals surface area contributed by atoms with Crippen LogP contribution in [-0.4, -0.2) is 80.6 Å². The van der Waals surface area contributed by atoms with Crippen molar-refractivity contribution in [2.75, 3.05) is 60.0 Å². The predicted octanol–water partition coefficient (Wildman–Crippen LogP) is 2.17. The average Bonchev–Trinajstić information content (AvgIpc) is 2.63. The average molecular weight is 360 g/mol. The fourth-order valence-electron chi connectivity index (χ4n) is 4.16. The van der Waals surface area contributed by atoms with Crippen molar-refractivity contribution in [1.29, 1.82) is 0 Å². The molecule has 0 radical (unpaired) electrons. The number of amides is 1. The molecule has 0 aromatic heterocycles. The number of likely N-dealkylation sites (tertiary alicyclic amines) is 1. The lowest BCUT2D eigenvalue weighted by Crippen LogP contribution is -2.47. The minimum Gasteiger partial charge on any atom is -0.379 e. The van der Waals surface area contributed by atoms with Gasteiger partial charge >= 0.3 is 0 Å². The predicted molar refractivity (Wildman–Crippen MR) is 104 cm³/mol. The first-order valence-corrected chi connectivity index (χ1v) is 9.86. The minimum atomic E-state index is -0.189. The Labute approximate surface area is 157 Å². The zero-order valence-corrected chi connectivity index (χ0v) is 16.5. The van der Waals surface area contributed by atoms with Gasteiger partial charge in [-0.15, -0.1) is 0 Å². The van der Waals surface area contributed by atoms with Gasteiger partial charge in [0.2, 0.25) is 5.91 Å². The zero-order chi connectivity index (χ0) is 18.5. The van der Waals surface area contributed by atoms with Crippen molar-refractivity contribution in [2.45, 2.75) is 25.8 Å². The number of likely N-dealkylation sites (N-methyl/N-ethyl adjacent to an activating group) is 1. The molecule has 0 saturated carbocycles. The maximum atomic E-state index is 13.2. The van der Waals surface area contributed by atoms with Crippen molar-refractivity contribution >= 4 is 5.91 Å². The molecule has 1 aromatic rings. The van der Waals surface area contributed by atoms with Crippen molar-refractivity contribution < 1.29 is 9.53 Å². The number of hydrogen-bond donors (Lipinski definition) is 0. The fraction of sp³-hybridized carbons (Fsp3) is 0.667. The molecule has 2 aliphatic rings. The quantitative estimate of drug-likeness (QED) is 0.807. The summed E-state index contributed by atoms with van der Waals surface area (Å²) in [7, 11) is 3.99. The highest BCUT2D eigenvalue weighted by atomic mass is 16.5. The van der Waals surface area contributed by atoms with E-state index in [1.807, 2.05) is 25.1 Å². The molecule has 2 aliphatic heterocycles. The topological polar surface area (TPSA) is 36.0 Å². The fourth-order valence-corrected chi connectivity index (χ4v) is 4.16.